The van der Waals surface area contributed by atoms with Crippen LogP contribution in [0.5, 0.6) is 5.75 Å². The molecule has 94 valence electrons. The second-order valence-electron chi connectivity index (χ2n) is 4.96. The van der Waals surface area contributed by atoms with E-state index in [0.717, 1.165) is 18.6 Å². The molecule has 2 nitrogen and oxygen atoms in total. The van der Waals surface area contributed by atoms with Gasteiger partial charge in [-0.2, -0.15) is 0 Å². The highest BCUT2D eigenvalue weighted by Crippen LogP contribution is 2.28. The van der Waals surface area contributed by atoms with Gasteiger partial charge < -0.3 is 9.47 Å². The van der Waals surface area contributed by atoms with Gasteiger partial charge >= 0.3 is 0 Å². The van der Waals surface area contributed by atoms with Gasteiger partial charge in [0.25, 0.3) is 0 Å². The molecule has 1 aliphatic rings. The third-order valence-corrected chi connectivity index (χ3v) is 3.76. The van der Waals surface area contributed by atoms with Gasteiger partial charge in [0, 0.05) is 13.5 Å². The fraction of sp³-hybridized carbons (Fsp3) is 0.600. The van der Waals surface area contributed by atoms with Gasteiger partial charge in [-0.3, -0.25) is 0 Å². The SMILES string of the molecule is COC1CCCC(Oc2cccc(C)c2C)C1. The predicted octanol–water partition coefficient (Wildman–Crippen LogP) is 3.64. The summed E-state index contributed by atoms with van der Waals surface area (Å²) in [6.45, 7) is 4.25. The first-order chi connectivity index (χ1) is 8.20. The molecule has 0 heterocycles. The Bertz CT molecular complexity index is 373. The standard InChI is InChI=1S/C15H22O2/c1-11-6-4-9-15(12(11)2)17-14-8-5-7-13(10-14)16-3/h4,6,9,13-14H,5,7-8,10H2,1-3H3. The van der Waals surface area contributed by atoms with E-state index in [1.165, 1.54) is 24.0 Å². The van der Waals surface area contributed by atoms with Crippen LogP contribution in [-0.4, -0.2) is 19.3 Å². The minimum atomic E-state index is 0.314. The Morgan fingerprint density at radius 3 is 2.65 bits per heavy atom. The summed E-state index contributed by atoms with van der Waals surface area (Å²) in [6, 6.07) is 6.26. The summed E-state index contributed by atoms with van der Waals surface area (Å²) < 4.78 is 11.6. The lowest BCUT2D eigenvalue weighted by Crippen LogP contribution is -2.29. The second-order valence-corrected chi connectivity index (χ2v) is 4.96. The molecule has 2 heteroatoms. The normalized spacial score (nSPS) is 24.6. The smallest absolute Gasteiger partial charge is 0.122 e. The number of aryl methyl sites for hydroxylation is 1. The summed E-state index contributed by atoms with van der Waals surface area (Å²) in [7, 11) is 1.80. The number of hydrogen-bond donors (Lipinski definition) is 0. The molecule has 0 amide bonds. The third-order valence-electron chi connectivity index (χ3n) is 3.76. The fourth-order valence-corrected chi connectivity index (χ4v) is 2.45. The molecule has 0 radical (unpaired) electrons. The zero-order chi connectivity index (χ0) is 12.3. The van der Waals surface area contributed by atoms with Crippen molar-refractivity contribution in [3.05, 3.63) is 29.3 Å². The zero-order valence-corrected chi connectivity index (χ0v) is 11.0. The van der Waals surface area contributed by atoms with E-state index in [-0.39, 0.29) is 0 Å². The Hall–Kier alpha value is -1.02. The lowest BCUT2D eigenvalue weighted by molar-refractivity contribution is 0.0207. The average Bonchev–Trinajstić information content (AvgIpc) is 2.35. The van der Waals surface area contributed by atoms with Crippen molar-refractivity contribution in [1.29, 1.82) is 0 Å². The Morgan fingerprint density at radius 2 is 1.88 bits per heavy atom. The van der Waals surface area contributed by atoms with Crippen molar-refractivity contribution in [1.82, 2.24) is 0 Å². The van der Waals surface area contributed by atoms with Crippen LogP contribution in [0.2, 0.25) is 0 Å². The zero-order valence-electron chi connectivity index (χ0n) is 11.0. The van der Waals surface area contributed by atoms with E-state index in [4.69, 9.17) is 9.47 Å². The van der Waals surface area contributed by atoms with Crippen molar-refractivity contribution in [2.24, 2.45) is 0 Å². The molecule has 0 bridgehead atoms. The summed E-state index contributed by atoms with van der Waals surface area (Å²) in [5.74, 6) is 1.03. The first kappa shape index (κ1) is 12.4. The number of rotatable bonds is 3. The van der Waals surface area contributed by atoms with Crippen LogP contribution in [0.4, 0.5) is 0 Å². The maximum atomic E-state index is 6.12. The molecule has 17 heavy (non-hydrogen) atoms. The summed E-state index contributed by atoms with van der Waals surface area (Å²) in [5.41, 5.74) is 2.55. The van der Waals surface area contributed by atoms with E-state index in [1.807, 2.05) is 0 Å². The van der Waals surface area contributed by atoms with Crippen LogP contribution in [0.3, 0.4) is 0 Å². The summed E-state index contributed by atoms with van der Waals surface area (Å²) in [4.78, 5) is 0. The van der Waals surface area contributed by atoms with Gasteiger partial charge in [0.1, 0.15) is 11.9 Å². The second kappa shape index (κ2) is 5.54. The van der Waals surface area contributed by atoms with E-state index in [1.54, 1.807) is 7.11 Å². The Labute approximate surface area is 104 Å². The highest BCUT2D eigenvalue weighted by atomic mass is 16.5. The van der Waals surface area contributed by atoms with Crippen molar-refractivity contribution in [3.8, 4) is 5.75 Å². The van der Waals surface area contributed by atoms with Crippen molar-refractivity contribution in [3.63, 3.8) is 0 Å². The molecule has 0 aromatic heterocycles. The van der Waals surface area contributed by atoms with Gasteiger partial charge in [0.15, 0.2) is 0 Å². The Balaban J connectivity index is 2.02. The predicted molar refractivity (Wildman–Crippen MR) is 69.6 cm³/mol. The molecule has 1 aromatic carbocycles. The highest BCUT2D eigenvalue weighted by Gasteiger charge is 2.23. The monoisotopic (exact) mass is 234 g/mol. The van der Waals surface area contributed by atoms with Gasteiger partial charge in [-0.25, -0.2) is 0 Å². The van der Waals surface area contributed by atoms with Gasteiger partial charge in [0.05, 0.1) is 6.10 Å². The largest absolute Gasteiger partial charge is 0.490 e. The van der Waals surface area contributed by atoms with Crippen LogP contribution in [-0.2, 0) is 4.74 Å². The molecule has 1 aromatic rings. The molecule has 1 saturated carbocycles. The van der Waals surface area contributed by atoms with Crippen LogP contribution in [0, 0.1) is 13.8 Å². The van der Waals surface area contributed by atoms with E-state index in [0.29, 0.717) is 12.2 Å². The number of methoxy groups -OCH3 is 1. The maximum Gasteiger partial charge on any atom is 0.122 e. The molecule has 1 aliphatic carbocycles. The minimum absolute atomic E-state index is 0.314. The lowest BCUT2D eigenvalue weighted by atomic mass is 9.95. The van der Waals surface area contributed by atoms with Crippen molar-refractivity contribution in [2.75, 3.05) is 7.11 Å². The highest BCUT2D eigenvalue weighted by molar-refractivity contribution is 5.38. The molecule has 2 atom stereocenters. The topological polar surface area (TPSA) is 18.5 Å². The van der Waals surface area contributed by atoms with E-state index in [2.05, 4.69) is 32.0 Å². The summed E-state index contributed by atoms with van der Waals surface area (Å²) in [6.07, 6.45) is 5.22. The first-order valence-corrected chi connectivity index (χ1v) is 6.46. The fourth-order valence-electron chi connectivity index (χ4n) is 2.45. The Morgan fingerprint density at radius 1 is 1.12 bits per heavy atom. The maximum absolute atomic E-state index is 6.12. The number of benzene rings is 1. The molecule has 0 aliphatic heterocycles. The van der Waals surface area contributed by atoms with Crippen LogP contribution < -0.4 is 4.74 Å². The van der Waals surface area contributed by atoms with E-state index in [9.17, 15) is 0 Å². The van der Waals surface area contributed by atoms with Crippen molar-refractivity contribution >= 4 is 0 Å². The summed E-state index contributed by atoms with van der Waals surface area (Å²) in [5, 5.41) is 0. The van der Waals surface area contributed by atoms with Crippen molar-refractivity contribution in [2.45, 2.75) is 51.7 Å². The third kappa shape index (κ3) is 3.01. The molecular weight excluding hydrogens is 212 g/mol. The quantitative estimate of drug-likeness (QED) is 0.795. The van der Waals surface area contributed by atoms with Gasteiger partial charge in [-0.1, -0.05) is 12.1 Å². The molecule has 0 N–H and O–H groups in total. The number of hydrogen-bond acceptors (Lipinski definition) is 2. The van der Waals surface area contributed by atoms with Crippen LogP contribution in [0.1, 0.15) is 36.8 Å². The van der Waals surface area contributed by atoms with Crippen LogP contribution in [0.25, 0.3) is 0 Å². The van der Waals surface area contributed by atoms with Crippen molar-refractivity contribution < 1.29 is 9.47 Å². The van der Waals surface area contributed by atoms with E-state index < -0.39 is 0 Å². The van der Waals surface area contributed by atoms with Gasteiger partial charge in [0.2, 0.25) is 0 Å². The molecular formula is C15H22O2. The Kier molecular flexibility index (Phi) is 4.06. The number of ether oxygens (including phenoxy) is 2. The molecule has 2 unspecified atom stereocenters. The van der Waals surface area contributed by atoms with Crippen LogP contribution in [0.15, 0.2) is 18.2 Å². The van der Waals surface area contributed by atoms with Gasteiger partial charge in [-0.05, 0) is 50.3 Å². The summed E-state index contributed by atoms with van der Waals surface area (Å²) >= 11 is 0. The van der Waals surface area contributed by atoms with Crippen LogP contribution >= 0.6 is 0 Å². The molecule has 0 saturated heterocycles. The minimum Gasteiger partial charge on any atom is -0.490 e. The lowest BCUT2D eigenvalue weighted by Gasteiger charge is -2.29. The van der Waals surface area contributed by atoms with E-state index >= 15 is 0 Å². The molecule has 1 fully saturated rings. The molecule has 0 spiro atoms. The van der Waals surface area contributed by atoms with Gasteiger partial charge in [-0.15, -0.1) is 0 Å². The first-order valence-electron chi connectivity index (χ1n) is 6.46. The molecule has 2 rings (SSSR count). The average molecular weight is 234 g/mol.